The van der Waals surface area contributed by atoms with Gasteiger partial charge < -0.3 is 29.2 Å². The minimum Gasteiger partial charge on any atom is -0.479 e. The minimum absolute atomic E-state index is 0.375. The molecule has 0 unspecified atom stereocenters. The third kappa shape index (κ3) is 12.2. The van der Waals surface area contributed by atoms with Crippen molar-refractivity contribution in [3.63, 3.8) is 0 Å². The van der Waals surface area contributed by atoms with Crippen molar-refractivity contribution in [2.75, 3.05) is 30.5 Å². The van der Waals surface area contributed by atoms with E-state index in [4.69, 9.17) is 24.4 Å². The average Bonchev–Trinajstić information content (AvgIpc) is 3.89. The van der Waals surface area contributed by atoms with Crippen molar-refractivity contribution in [2.24, 2.45) is 0 Å². The number of benzene rings is 2. The zero-order chi connectivity index (χ0) is 38.9. The monoisotopic (exact) mass is 738 g/mol. The number of carbonyl (C=O) groups is 5. The Morgan fingerprint density at radius 1 is 0.566 bits per heavy atom. The van der Waals surface area contributed by atoms with Crippen molar-refractivity contribution < 1.29 is 53.1 Å². The van der Waals surface area contributed by atoms with E-state index in [1.807, 2.05) is 0 Å². The Morgan fingerprint density at radius 3 is 1.21 bits per heavy atom. The van der Waals surface area contributed by atoms with Gasteiger partial charge >= 0.3 is 30.1 Å². The van der Waals surface area contributed by atoms with Crippen molar-refractivity contribution in [3.05, 3.63) is 56.6 Å². The fraction of sp³-hybridized carbons (Fsp3) is 0.575. The summed E-state index contributed by atoms with van der Waals surface area (Å²) in [5.41, 5.74) is 11.0. The minimum atomic E-state index is -1.15. The number of aryl methyl sites for hydroxylation is 4. The average molecular weight is 739 g/mol. The summed E-state index contributed by atoms with van der Waals surface area (Å²) >= 11 is 0. The van der Waals surface area contributed by atoms with Gasteiger partial charge in [-0.05, 0) is 163 Å². The van der Waals surface area contributed by atoms with Crippen molar-refractivity contribution in [2.45, 2.75) is 130 Å². The standard InChI is InChI=1S/C19H25NO4.C15H17NO4.C6H12O3/c1-19(2,3)24-16(21)11-23-18(22)20-17-14-8-4-6-12(14)10-13-7-5-9-15(13)17;17-13(18)8-20-15(19)16-14-11-5-1-3-9(11)7-10-4-2-6-12(10)14;1-6(2,3)9-5(8)4-7/h10H,4-9,11H2,1-3H3,(H,20,22);7H,1-6,8H2,(H,16,19)(H,17,18);7H,4H2,1-3H3. The predicted octanol–water partition coefficient (Wildman–Crippen LogP) is 6.17. The summed E-state index contributed by atoms with van der Waals surface area (Å²) in [7, 11) is 0. The summed E-state index contributed by atoms with van der Waals surface area (Å²) in [5.74, 6) is -2.27. The molecule has 0 spiro atoms. The molecule has 6 rings (SSSR count). The molecular weight excluding hydrogens is 684 g/mol. The van der Waals surface area contributed by atoms with Crippen LogP contribution in [0.15, 0.2) is 12.1 Å². The van der Waals surface area contributed by atoms with E-state index in [2.05, 4.69) is 27.5 Å². The highest BCUT2D eigenvalue weighted by molar-refractivity contribution is 5.90. The number of anilines is 2. The van der Waals surface area contributed by atoms with Gasteiger partial charge in [-0.3, -0.25) is 10.6 Å². The van der Waals surface area contributed by atoms with Gasteiger partial charge in [0.1, 0.15) is 17.8 Å². The topological polar surface area (TPSA) is 187 Å². The Kier molecular flexibility index (Phi) is 13.9. The molecule has 0 radical (unpaired) electrons. The van der Waals surface area contributed by atoms with Crippen LogP contribution in [-0.4, -0.2) is 71.3 Å². The fourth-order valence-corrected chi connectivity index (χ4v) is 7.21. The number of carboxylic acid groups (broad SMARTS) is 1. The molecule has 2 aromatic rings. The summed E-state index contributed by atoms with van der Waals surface area (Å²) in [6.07, 6.45) is 11.4. The third-order valence-corrected chi connectivity index (χ3v) is 9.02. The number of carbonyl (C=O) groups excluding carboxylic acids is 4. The summed E-state index contributed by atoms with van der Waals surface area (Å²) in [5, 5.41) is 22.4. The van der Waals surface area contributed by atoms with Crippen molar-refractivity contribution in [1.82, 2.24) is 0 Å². The number of fused-ring (bicyclic) bond motifs is 4. The summed E-state index contributed by atoms with van der Waals surface area (Å²) in [6.45, 7) is 9.06. The Bertz CT molecular complexity index is 1640. The smallest absolute Gasteiger partial charge is 0.412 e. The molecule has 0 bridgehead atoms. The molecule has 4 N–H and O–H groups in total. The van der Waals surface area contributed by atoms with Crippen LogP contribution < -0.4 is 10.6 Å². The first-order valence-corrected chi connectivity index (χ1v) is 18.4. The Labute approximate surface area is 311 Å². The van der Waals surface area contributed by atoms with Crippen LogP contribution in [0, 0.1) is 0 Å². The lowest BCUT2D eigenvalue weighted by atomic mass is 9.99. The van der Waals surface area contributed by atoms with Gasteiger partial charge in [0.25, 0.3) is 0 Å². The van der Waals surface area contributed by atoms with Gasteiger partial charge in [0.2, 0.25) is 0 Å². The molecule has 0 atom stereocenters. The molecule has 0 aromatic heterocycles. The number of amides is 2. The van der Waals surface area contributed by atoms with Crippen molar-refractivity contribution in [3.8, 4) is 0 Å². The van der Waals surface area contributed by atoms with E-state index in [0.717, 1.165) is 88.4 Å². The first kappa shape index (κ1) is 41.1. The van der Waals surface area contributed by atoms with E-state index in [9.17, 15) is 24.0 Å². The van der Waals surface area contributed by atoms with E-state index in [1.165, 1.54) is 44.5 Å². The van der Waals surface area contributed by atoms with E-state index < -0.39 is 54.5 Å². The molecule has 2 amide bonds. The van der Waals surface area contributed by atoms with Crippen molar-refractivity contribution in [1.29, 1.82) is 0 Å². The molecule has 4 aliphatic rings. The second kappa shape index (κ2) is 17.9. The van der Waals surface area contributed by atoms with Gasteiger partial charge in [-0.25, -0.2) is 24.0 Å². The van der Waals surface area contributed by atoms with Gasteiger partial charge in [0, 0.05) is 0 Å². The normalized spacial score (nSPS) is 14.8. The molecule has 0 heterocycles. The van der Waals surface area contributed by atoms with Gasteiger partial charge in [-0.15, -0.1) is 0 Å². The number of carboxylic acids is 1. The molecule has 13 heteroatoms. The summed E-state index contributed by atoms with van der Waals surface area (Å²) in [6, 6.07) is 4.58. The number of esters is 2. The number of rotatable bonds is 7. The quantitative estimate of drug-likeness (QED) is 0.188. The molecule has 13 nitrogen and oxygen atoms in total. The largest absolute Gasteiger partial charge is 0.479 e. The van der Waals surface area contributed by atoms with Gasteiger partial charge in [-0.1, -0.05) is 12.1 Å². The lowest BCUT2D eigenvalue weighted by Crippen LogP contribution is -2.28. The van der Waals surface area contributed by atoms with Crippen LogP contribution >= 0.6 is 0 Å². The van der Waals surface area contributed by atoms with Gasteiger partial charge in [0.05, 0.1) is 11.4 Å². The number of aliphatic hydroxyl groups excluding tert-OH is 1. The third-order valence-electron chi connectivity index (χ3n) is 9.02. The van der Waals surface area contributed by atoms with E-state index >= 15 is 0 Å². The van der Waals surface area contributed by atoms with Gasteiger partial charge in [-0.2, -0.15) is 0 Å². The highest BCUT2D eigenvalue weighted by atomic mass is 16.6. The van der Waals surface area contributed by atoms with Crippen LogP contribution in [0.25, 0.3) is 0 Å². The number of aliphatic carboxylic acids is 1. The van der Waals surface area contributed by atoms with Crippen LogP contribution in [0.1, 0.15) is 112 Å². The van der Waals surface area contributed by atoms with Gasteiger partial charge in [0.15, 0.2) is 13.2 Å². The first-order valence-electron chi connectivity index (χ1n) is 18.4. The number of hydrogen-bond donors (Lipinski definition) is 4. The maximum atomic E-state index is 12.1. The summed E-state index contributed by atoms with van der Waals surface area (Å²) in [4.78, 5) is 56.3. The number of aliphatic hydroxyl groups is 1. The lowest BCUT2D eigenvalue weighted by molar-refractivity contribution is -0.159. The lowest BCUT2D eigenvalue weighted by Gasteiger charge is -2.19. The fourth-order valence-electron chi connectivity index (χ4n) is 7.21. The zero-order valence-corrected chi connectivity index (χ0v) is 31.8. The highest BCUT2D eigenvalue weighted by Gasteiger charge is 2.27. The maximum Gasteiger partial charge on any atom is 0.412 e. The van der Waals surface area contributed by atoms with Crippen LogP contribution in [-0.2, 0) is 84.7 Å². The SMILES string of the molecule is CC(C)(C)OC(=O)CO.CC(C)(C)OC(=O)COC(=O)Nc1c2c(cc3c1CCC3)CCC2.O=C(O)COC(=O)Nc1c2c(cc3c1CCC3)CCC2. The highest BCUT2D eigenvalue weighted by Crippen LogP contribution is 2.40. The van der Waals surface area contributed by atoms with E-state index in [0.29, 0.717) is 0 Å². The second-order valence-electron chi connectivity index (χ2n) is 15.6. The van der Waals surface area contributed by atoms with Crippen LogP contribution in [0.3, 0.4) is 0 Å². The van der Waals surface area contributed by atoms with Crippen LogP contribution in [0.5, 0.6) is 0 Å². The summed E-state index contributed by atoms with van der Waals surface area (Å²) < 4.78 is 19.6. The molecule has 0 aliphatic heterocycles. The number of hydrogen-bond acceptors (Lipinski definition) is 10. The Balaban J connectivity index is 0.000000195. The number of ether oxygens (including phenoxy) is 4. The van der Waals surface area contributed by atoms with Crippen molar-refractivity contribution >= 4 is 41.5 Å². The van der Waals surface area contributed by atoms with Crippen LogP contribution in [0.4, 0.5) is 21.0 Å². The maximum absolute atomic E-state index is 12.1. The molecule has 53 heavy (non-hydrogen) atoms. The molecule has 290 valence electrons. The van der Waals surface area contributed by atoms with E-state index in [1.54, 1.807) is 41.5 Å². The van der Waals surface area contributed by atoms with E-state index in [-0.39, 0.29) is 6.61 Å². The molecule has 4 aliphatic carbocycles. The second-order valence-corrected chi connectivity index (χ2v) is 15.6. The predicted molar refractivity (Wildman–Crippen MR) is 197 cm³/mol. The Hall–Kier alpha value is -4.65. The molecular formula is C40H54N2O11. The molecule has 0 saturated heterocycles. The molecule has 0 saturated carbocycles. The first-order chi connectivity index (χ1) is 24.9. The Morgan fingerprint density at radius 2 is 0.906 bits per heavy atom. The number of nitrogens with one attached hydrogen (secondary N) is 2. The molecule has 0 fully saturated rings. The van der Waals surface area contributed by atoms with Crippen LogP contribution in [0.2, 0.25) is 0 Å². The molecule has 2 aromatic carbocycles. The zero-order valence-electron chi connectivity index (χ0n) is 31.8.